The number of carbonyl (C=O) groups is 1. The molecule has 0 aromatic heterocycles. The maximum atomic E-state index is 13.7. The minimum Gasteiger partial charge on any atom is -0.368 e. The number of rotatable bonds is 1. The first kappa shape index (κ1) is 16.5. The Morgan fingerprint density at radius 3 is 2.58 bits per heavy atom. The van der Waals surface area contributed by atoms with E-state index in [9.17, 15) is 22.4 Å². The smallest absolute Gasteiger partial charge is 0.368 e. The summed E-state index contributed by atoms with van der Waals surface area (Å²) in [6.45, 7) is 2.19. The highest BCUT2D eigenvalue weighted by molar-refractivity contribution is 5.86. The molecule has 1 aliphatic rings. The molecule has 1 saturated heterocycles. The van der Waals surface area contributed by atoms with Crippen LogP contribution in [-0.2, 0) is 4.79 Å². The lowest BCUT2D eigenvalue weighted by molar-refractivity contribution is -0.187. The molecule has 2 aromatic rings. The van der Waals surface area contributed by atoms with E-state index < -0.39 is 18.1 Å². The minimum absolute atomic E-state index is 0.000692. The van der Waals surface area contributed by atoms with Crippen molar-refractivity contribution in [3.8, 4) is 0 Å². The van der Waals surface area contributed by atoms with Gasteiger partial charge in [-0.1, -0.05) is 12.1 Å². The fraction of sp³-hybridized carbons (Fsp3) is 0.353. The number of alkyl halides is 3. The van der Waals surface area contributed by atoms with Gasteiger partial charge in [0, 0.05) is 36.7 Å². The maximum Gasteiger partial charge on any atom is 0.471 e. The maximum absolute atomic E-state index is 13.7. The molecule has 3 rings (SSSR count). The second-order valence-electron chi connectivity index (χ2n) is 5.94. The Kier molecular flexibility index (Phi) is 4.11. The van der Waals surface area contributed by atoms with Crippen LogP contribution in [0.3, 0.4) is 0 Å². The third-order valence-corrected chi connectivity index (χ3v) is 4.31. The molecule has 0 spiro atoms. The SMILES string of the molecule is C[C@@H]1CN(c2ccc3c(F)cccc3c2)CCN1C(=O)C(F)(F)F. The predicted octanol–water partition coefficient (Wildman–Crippen LogP) is 3.58. The Labute approximate surface area is 136 Å². The lowest BCUT2D eigenvalue weighted by Gasteiger charge is -2.41. The van der Waals surface area contributed by atoms with Crippen LogP contribution in [-0.4, -0.2) is 42.7 Å². The van der Waals surface area contributed by atoms with Crippen LogP contribution in [0.4, 0.5) is 23.2 Å². The summed E-state index contributed by atoms with van der Waals surface area (Å²) in [7, 11) is 0. The van der Waals surface area contributed by atoms with Gasteiger partial charge in [-0.2, -0.15) is 13.2 Å². The highest BCUT2D eigenvalue weighted by Crippen LogP contribution is 2.27. The van der Waals surface area contributed by atoms with Gasteiger partial charge in [-0.15, -0.1) is 0 Å². The number of amides is 1. The van der Waals surface area contributed by atoms with E-state index in [2.05, 4.69) is 0 Å². The fourth-order valence-electron chi connectivity index (χ4n) is 3.08. The van der Waals surface area contributed by atoms with E-state index in [0.717, 1.165) is 16.0 Å². The number of nitrogens with zero attached hydrogens (tertiary/aromatic N) is 2. The molecule has 0 aliphatic carbocycles. The number of carbonyl (C=O) groups excluding carboxylic acids is 1. The molecule has 128 valence electrons. The Morgan fingerprint density at radius 1 is 1.17 bits per heavy atom. The van der Waals surface area contributed by atoms with Crippen molar-refractivity contribution in [1.82, 2.24) is 4.90 Å². The molecule has 0 bridgehead atoms. The largest absolute Gasteiger partial charge is 0.471 e. The van der Waals surface area contributed by atoms with Crippen LogP contribution >= 0.6 is 0 Å². The van der Waals surface area contributed by atoms with Crippen LogP contribution in [0.15, 0.2) is 36.4 Å². The van der Waals surface area contributed by atoms with Gasteiger partial charge in [-0.25, -0.2) is 4.39 Å². The van der Waals surface area contributed by atoms with Crippen molar-refractivity contribution in [2.24, 2.45) is 0 Å². The third kappa shape index (κ3) is 3.02. The van der Waals surface area contributed by atoms with Gasteiger partial charge in [0.2, 0.25) is 0 Å². The molecule has 7 heteroatoms. The molecule has 1 aliphatic heterocycles. The van der Waals surface area contributed by atoms with Crippen molar-refractivity contribution in [2.45, 2.75) is 19.1 Å². The van der Waals surface area contributed by atoms with Gasteiger partial charge in [-0.05, 0) is 36.6 Å². The minimum atomic E-state index is -4.85. The van der Waals surface area contributed by atoms with Gasteiger partial charge in [-0.3, -0.25) is 4.79 Å². The van der Waals surface area contributed by atoms with Gasteiger partial charge in [0.1, 0.15) is 5.82 Å². The van der Waals surface area contributed by atoms with E-state index in [1.165, 1.54) is 6.07 Å². The zero-order valence-corrected chi connectivity index (χ0v) is 13.0. The van der Waals surface area contributed by atoms with E-state index in [1.807, 2.05) is 11.0 Å². The third-order valence-electron chi connectivity index (χ3n) is 4.31. The number of anilines is 1. The lowest BCUT2D eigenvalue weighted by Crippen LogP contribution is -2.57. The molecule has 0 unspecified atom stereocenters. The number of fused-ring (bicyclic) bond motifs is 1. The summed E-state index contributed by atoms with van der Waals surface area (Å²) >= 11 is 0. The van der Waals surface area contributed by atoms with Crippen LogP contribution in [0.5, 0.6) is 0 Å². The van der Waals surface area contributed by atoms with Gasteiger partial charge in [0.05, 0.1) is 0 Å². The van der Waals surface area contributed by atoms with Crippen LogP contribution in [0.2, 0.25) is 0 Å². The number of halogens is 4. The summed E-state index contributed by atoms with van der Waals surface area (Å²) in [6.07, 6.45) is -4.85. The second kappa shape index (κ2) is 5.96. The molecule has 0 N–H and O–H groups in total. The fourth-order valence-corrected chi connectivity index (χ4v) is 3.08. The summed E-state index contributed by atoms with van der Waals surface area (Å²) in [5.41, 5.74) is 0.805. The van der Waals surface area contributed by atoms with Crippen molar-refractivity contribution >= 4 is 22.4 Å². The number of hydrogen-bond acceptors (Lipinski definition) is 2. The first-order valence-electron chi connectivity index (χ1n) is 7.58. The standard InChI is InChI=1S/C17H16F4N2O/c1-11-10-22(7-8-23(11)16(24)17(19,20)21)13-5-6-14-12(9-13)3-2-4-15(14)18/h2-6,9,11H,7-8,10H2,1H3/t11-/m1/s1. The number of benzene rings is 2. The number of piperazine rings is 1. The summed E-state index contributed by atoms with van der Waals surface area (Å²) in [5.74, 6) is -2.11. The summed E-state index contributed by atoms with van der Waals surface area (Å²) in [4.78, 5) is 14.2. The predicted molar refractivity (Wildman–Crippen MR) is 83.3 cm³/mol. The highest BCUT2D eigenvalue weighted by Gasteiger charge is 2.45. The van der Waals surface area contributed by atoms with Crippen LogP contribution in [0.25, 0.3) is 10.8 Å². The average molecular weight is 340 g/mol. The van der Waals surface area contributed by atoms with E-state index in [4.69, 9.17) is 0 Å². The topological polar surface area (TPSA) is 23.6 Å². The summed E-state index contributed by atoms with van der Waals surface area (Å²) in [6, 6.07) is 9.45. The summed E-state index contributed by atoms with van der Waals surface area (Å²) < 4.78 is 51.5. The normalized spacial score (nSPS) is 19.0. The Hall–Kier alpha value is -2.31. The van der Waals surface area contributed by atoms with Gasteiger partial charge < -0.3 is 9.80 Å². The second-order valence-corrected chi connectivity index (χ2v) is 5.94. The van der Waals surface area contributed by atoms with E-state index in [0.29, 0.717) is 18.5 Å². The lowest BCUT2D eigenvalue weighted by atomic mass is 10.1. The highest BCUT2D eigenvalue weighted by atomic mass is 19.4. The molecule has 1 fully saturated rings. The first-order chi connectivity index (χ1) is 11.3. The van der Waals surface area contributed by atoms with E-state index in [1.54, 1.807) is 31.2 Å². The zero-order chi connectivity index (χ0) is 17.5. The molecule has 0 radical (unpaired) electrons. The Morgan fingerprint density at radius 2 is 1.92 bits per heavy atom. The van der Waals surface area contributed by atoms with E-state index >= 15 is 0 Å². The number of hydrogen-bond donors (Lipinski definition) is 0. The van der Waals surface area contributed by atoms with Crippen molar-refractivity contribution in [2.75, 3.05) is 24.5 Å². The van der Waals surface area contributed by atoms with Gasteiger partial charge >= 0.3 is 12.1 Å². The summed E-state index contributed by atoms with van der Waals surface area (Å²) in [5, 5.41) is 1.23. The molecule has 2 aromatic carbocycles. The average Bonchev–Trinajstić information content (AvgIpc) is 2.53. The Balaban J connectivity index is 1.80. The molecule has 0 saturated carbocycles. The molecular weight excluding hydrogens is 324 g/mol. The van der Waals surface area contributed by atoms with Gasteiger partial charge in [0.25, 0.3) is 0 Å². The van der Waals surface area contributed by atoms with Crippen molar-refractivity contribution in [3.63, 3.8) is 0 Å². The molecule has 1 atom stereocenters. The zero-order valence-electron chi connectivity index (χ0n) is 13.0. The van der Waals surface area contributed by atoms with Crippen LogP contribution in [0, 0.1) is 5.82 Å². The quantitative estimate of drug-likeness (QED) is 0.741. The molecule has 1 amide bonds. The van der Waals surface area contributed by atoms with Crippen LogP contribution < -0.4 is 4.90 Å². The van der Waals surface area contributed by atoms with Crippen molar-refractivity contribution in [3.05, 3.63) is 42.2 Å². The monoisotopic (exact) mass is 340 g/mol. The molecule has 1 heterocycles. The molecule has 24 heavy (non-hydrogen) atoms. The first-order valence-corrected chi connectivity index (χ1v) is 7.58. The Bertz CT molecular complexity index is 775. The van der Waals surface area contributed by atoms with Crippen LogP contribution in [0.1, 0.15) is 6.92 Å². The van der Waals surface area contributed by atoms with Gasteiger partial charge in [0.15, 0.2) is 0 Å². The molecule has 3 nitrogen and oxygen atoms in total. The van der Waals surface area contributed by atoms with E-state index in [-0.39, 0.29) is 12.4 Å². The molecular formula is C17H16F4N2O. The van der Waals surface area contributed by atoms with Crippen molar-refractivity contribution in [1.29, 1.82) is 0 Å². The van der Waals surface area contributed by atoms with Crippen molar-refractivity contribution < 1.29 is 22.4 Å².